The zero-order valence-corrected chi connectivity index (χ0v) is 15.0. The van der Waals surface area contributed by atoms with Gasteiger partial charge in [-0.15, -0.1) is 0 Å². The zero-order valence-electron chi connectivity index (χ0n) is 15.0. The average Bonchev–Trinajstić information content (AvgIpc) is 2.46. The van der Waals surface area contributed by atoms with Gasteiger partial charge in [0.25, 0.3) is 0 Å². The predicted octanol–water partition coefficient (Wildman–Crippen LogP) is 4.89. The molecule has 0 spiro atoms. The van der Waals surface area contributed by atoms with Crippen LogP contribution in [0.2, 0.25) is 0 Å². The van der Waals surface area contributed by atoms with Crippen LogP contribution < -0.4 is 5.32 Å². The van der Waals surface area contributed by atoms with E-state index in [0.717, 1.165) is 12.8 Å². The molecular formula is C18H30FNO3. The van der Waals surface area contributed by atoms with Crippen LogP contribution in [-0.4, -0.2) is 24.5 Å². The van der Waals surface area contributed by atoms with Crippen molar-refractivity contribution in [3.63, 3.8) is 0 Å². The molecule has 132 valence electrons. The lowest BCUT2D eigenvalue weighted by molar-refractivity contribution is 0.0541. The normalized spacial score (nSPS) is 10.4. The fourth-order valence-corrected chi connectivity index (χ4v) is 1.71. The van der Waals surface area contributed by atoms with Crippen LogP contribution in [0.25, 0.3) is 0 Å². The second kappa shape index (κ2) is 9.98. The first-order valence-electron chi connectivity index (χ1n) is 7.81. The number of halogens is 1. The summed E-state index contributed by atoms with van der Waals surface area (Å²) >= 11 is 0. The number of nitrogens with one attached hydrogen (secondary N) is 1. The van der Waals surface area contributed by atoms with Crippen molar-refractivity contribution in [2.75, 3.05) is 7.05 Å². The molecule has 0 aliphatic heterocycles. The molecule has 1 aromatic rings. The maximum absolute atomic E-state index is 13.1. The van der Waals surface area contributed by atoms with Crippen molar-refractivity contribution in [3.05, 3.63) is 35.1 Å². The summed E-state index contributed by atoms with van der Waals surface area (Å²) < 4.78 is 17.9. The molecule has 1 aromatic carbocycles. The van der Waals surface area contributed by atoms with Crippen LogP contribution in [0, 0.1) is 12.7 Å². The van der Waals surface area contributed by atoms with Gasteiger partial charge in [0.15, 0.2) is 5.78 Å². The van der Waals surface area contributed by atoms with Crippen LogP contribution in [-0.2, 0) is 4.74 Å². The lowest BCUT2D eigenvalue weighted by atomic mass is 10.0. The third-order valence-corrected chi connectivity index (χ3v) is 2.93. The number of rotatable bonds is 4. The standard InChI is InChI=1S/C12H15FO.C6H13NO2.H2/c1-3-4-8-12(14)10-6-5-7-11(13)9(10)2;1-6(2,3)9-5(8)7-4;/h5-7H,3-4,8H2,1-2H3;1-4H3,(H,7,8);1H. The molecule has 4 nitrogen and oxygen atoms in total. The summed E-state index contributed by atoms with van der Waals surface area (Å²) in [5.74, 6) is -0.254. The van der Waals surface area contributed by atoms with Gasteiger partial charge in [-0.3, -0.25) is 4.79 Å². The Morgan fingerprint density at radius 1 is 1.30 bits per heavy atom. The minimum absolute atomic E-state index is 0. The fourth-order valence-electron chi connectivity index (χ4n) is 1.71. The number of amides is 1. The predicted molar refractivity (Wildman–Crippen MR) is 92.4 cm³/mol. The lowest BCUT2D eigenvalue weighted by Crippen LogP contribution is -2.30. The highest BCUT2D eigenvalue weighted by molar-refractivity contribution is 5.97. The van der Waals surface area contributed by atoms with Crippen LogP contribution in [0.3, 0.4) is 0 Å². The first kappa shape index (κ1) is 21.1. The SMILES string of the molecule is CCCCC(=O)c1cccc(F)c1C.CNC(=O)OC(C)(C)C.[HH]. The quantitative estimate of drug-likeness (QED) is 0.801. The maximum Gasteiger partial charge on any atom is 0.407 e. The van der Waals surface area contributed by atoms with Crippen LogP contribution in [0.1, 0.15) is 64.3 Å². The van der Waals surface area contributed by atoms with Crippen molar-refractivity contribution in [2.24, 2.45) is 0 Å². The van der Waals surface area contributed by atoms with Gasteiger partial charge < -0.3 is 10.1 Å². The summed E-state index contributed by atoms with van der Waals surface area (Å²) in [6.07, 6.45) is 1.98. The Bertz CT molecular complexity index is 527. The monoisotopic (exact) mass is 327 g/mol. The van der Waals surface area contributed by atoms with E-state index in [1.165, 1.54) is 13.1 Å². The van der Waals surface area contributed by atoms with E-state index in [4.69, 9.17) is 4.74 Å². The Hall–Kier alpha value is -1.91. The Kier molecular flexibility index (Phi) is 9.15. The molecule has 0 fully saturated rings. The van der Waals surface area contributed by atoms with E-state index in [2.05, 4.69) is 5.32 Å². The van der Waals surface area contributed by atoms with Gasteiger partial charge in [0.1, 0.15) is 11.4 Å². The molecule has 1 rings (SSSR count). The number of ether oxygens (including phenoxy) is 1. The Morgan fingerprint density at radius 3 is 2.35 bits per heavy atom. The van der Waals surface area contributed by atoms with E-state index in [1.807, 2.05) is 27.7 Å². The number of ketones is 1. The van der Waals surface area contributed by atoms with Crippen molar-refractivity contribution in [1.82, 2.24) is 5.32 Å². The van der Waals surface area contributed by atoms with Crippen molar-refractivity contribution >= 4 is 11.9 Å². The number of hydrogen-bond acceptors (Lipinski definition) is 3. The van der Waals surface area contributed by atoms with Crippen LogP contribution in [0.4, 0.5) is 9.18 Å². The van der Waals surface area contributed by atoms with Crippen molar-refractivity contribution in [3.8, 4) is 0 Å². The minimum Gasteiger partial charge on any atom is -0.444 e. The van der Waals surface area contributed by atoms with Gasteiger partial charge >= 0.3 is 6.09 Å². The number of carbonyl (C=O) groups excluding carboxylic acids is 2. The van der Waals surface area contributed by atoms with Gasteiger partial charge in [0, 0.05) is 20.5 Å². The second-order valence-electron chi connectivity index (χ2n) is 6.19. The summed E-state index contributed by atoms with van der Waals surface area (Å²) in [7, 11) is 1.54. The lowest BCUT2D eigenvalue weighted by Gasteiger charge is -2.18. The third-order valence-electron chi connectivity index (χ3n) is 2.93. The topological polar surface area (TPSA) is 55.4 Å². The third kappa shape index (κ3) is 8.96. The summed E-state index contributed by atoms with van der Waals surface area (Å²) in [6.45, 7) is 9.15. The Balaban J connectivity index is 0. The minimum atomic E-state index is -0.389. The molecule has 5 heteroatoms. The van der Waals surface area contributed by atoms with Gasteiger partial charge in [-0.25, -0.2) is 9.18 Å². The number of benzene rings is 1. The number of unbranched alkanes of at least 4 members (excludes halogenated alkanes) is 1. The first-order valence-corrected chi connectivity index (χ1v) is 7.81. The van der Waals surface area contributed by atoms with Gasteiger partial charge in [0.05, 0.1) is 0 Å². The highest BCUT2D eigenvalue weighted by Gasteiger charge is 2.14. The van der Waals surface area contributed by atoms with Crippen molar-refractivity contribution in [1.29, 1.82) is 0 Å². The fraction of sp³-hybridized carbons (Fsp3) is 0.556. The van der Waals surface area contributed by atoms with E-state index in [9.17, 15) is 14.0 Å². The molecule has 1 amide bonds. The van der Waals surface area contributed by atoms with E-state index in [-0.39, 0.29) is 24.7 Å². The van der Waals surface area contributed by atoms with Crippen LogP contribution >= 0.6 is 0 Å². The Morgan fingerprint density at radius 2 is 1.91 bits per heavy atom. The molecule has 0 aromatic heterocycles. The molecule has 0 bridgehead atoms. The molecule has 0 aliphatic carbocycles. The van der Waals surface area contributed by atoms with E-state index < -0.39 is 0 Å². The van der Waals surface area contributed by atoms with Crippen molar-refractivity contribution < 1.29 is 20.1 Å². The number of alkyl carbamates (subject to hydrolysis) is 1. The van der Waals surface area contributed by atoms with E-state index in [0.29, 0.717) is 17.5 Å². The summed E-state index contributed by atoms with van der Waals surface area (Å²) in [4.78, 5) is 22.1. The zero-order chi connectivity index (χ0) is 18.0. The number of hydrogen-bond donors (Lipinski definition) is 1. The highest BCUT2D eigenvalue weighted by Crippen LogP contribution is 2.15. The smallest absolute Gasteiger partial charge is 0.407 e. The molecule has 23 heavy (non-hydrogen) atoms. The number of Topliss-reactive ketones (excluding diaryl/α,β-unsaturated/α-hetero) is 1. The largest absolute Gasteiger partial charge is 0.444 e. The van der Waals surface area contributed by atoms with Gasteiger partial charge in [-0.1, -0.05) is 25.5 Å². The van der Waals surface area contributed by atoms with E-state index in [1.54, 1.807) is 19.1 Å². The summed E-state index contributed by atoms with van der Waals surface area (Å²) in [5, 5.41) is 2.36. The molecule has 0 saturated heterocycles. The molecular weight excluding hydrogens is 297 g/mol. The highest BCUT2D eigenvalue weighted by atomic mass is 19.1. The summed E-state index contributed by atoms with van der Waals surface area (Å²) in [6, 6.07) is 4.66. The van der Waals surface area contributed by atoms with Crippen LogP contribution in [0.15, 0.2) is 18.2 Å². The number of carbonyl (C=O) groups is 2. The molecule has 0 radical (unpaired) electrons. The molecule has 0 saturated carbocycles. The maximum atomic E-state index is 13.1. The van der Waals surface area contributed by atoms with Gasteiger partial charge in [-0.05, 0) is 45.7 Å². The molecule has 0 heterocycles. The van der Waals surface area contributed by atoms with E-state index >= 15 is 0 Å². The van der Waals surface area contributed by atoms with Gasteiger partial charge in [0.2, 0.25) is 0 Å². The summed E-state index contributed by atoms with van der Waals surface area (Å²) in [5.41, 5.74) is 0.604. The average molecular weight is 327 g/mol. The Labute approximate surface area is 139 Å². The molecule has 1 N–H and O–H groups in total. The molecule has 0 unspecified atom stereocenters. The van der Waals surface area contributed by atoms with Gasteiger partial charge in [-0.2, -0.15) is 0 Å². The molecule has 0 aliphatic rings. The van der Waals surface area contributed by atoms with Crippen LogP contribution in [0.5, 0.6) is 0 Å². The second-order valence-corrected chi connectivity index (χ2v) is 6.19. The first-order chi connectivity index (χ1) is 10.6. The molecule has 0 atom stereocenters. The van der Waals surface area contributed by atoms with Crippen molar-refractivity contribution in [2.45, 2.75) is 59.5 Å².